The molecule has 1 aromatic rings. The second kappa shape index (κ2) is 8.24. The molecule has 2 aliphatic carbocycles. The van der Waals surface area contributed by atoms with Gasteiger partial charge in [0.05, 0.1) is 0 Å². The van der Waals surface area contributed by atoms with Crippen LogP contribution < -0.4 is 10.6 Å². The van der Waals surface area contributed by atoms with Crippen LogP contribution in [0.15, 0.2) is 24.3 Å². The van der Waals surface area contributed by atoms with E-state index < -0.39 is 6.04 Å². The lowest BCUT2D eigenvalue weighted by atomic mass is 9.68. The molecule has 2 fully saturated rings. The zero-order valence-electron chi connectivity index (χ0n) is 16.1. The van der Waals surface area contributed by atoms with E-state index in [1.54, 1.807) is 6.92 Å². The van der Waals surface area contributed by atoms with Crippen LogP contribution in [0.3, 0.4) is 0 Å². The summed E-state index contributed by atoms with van der Waals surface area (Å²) in [6.07, 6.45) is 8.94. The highest BCUT2D eigenvalue weighted by molar-refractivity contribution is 5.88. The quantitative estimate of drug-likeness (QED) is 0.818. The van der Waals surface area contributed by atoms with Crippen LogP contribution in [0.4, 0.5) is 0 Å². The van der Waals surface area contributed by atoms with E-state index in [2.05, 4.69) is 41.8 Å². The number of hydrogen-bond acceptors (Lipinski definition) is 2. The molecule has 1 atom stereocenters. The molecule has 1 unspecified atom stereocenters. The second-order valence-electron chi connectivity index (χ2n) is 8.23. The summed E-state index contributed by atoms with van der Waals surface area (Å²) in [7, 11) is 0. The average molecular weight is 357 g/mol. The molecule has 142 valence electrons. The summed E-state index contributed by atoms with van der Waals surface area (Å²) >= 11 is 0. The van der Waals surface area contributed by atoms with Crippen molar-refractivity contribution in [3.63, 3.8) is 0 Å². The van der Waals surface area contributed by atoms with E-state index in [0.29, 0.717) is 6.54 Å². The van der Waals surface area contributed by atoms with Crippen molar-refractivity contribution < 1.29 is 9.59 Å². The molecule has 4 heteroatoms. The molecule has 26 heavy (non-hydrogen) atoms. The molecule has 0 aliphatic heterocycles. The van der Waals surface area contributed by atoms with Gasteiger partial charge in [0.15, 0.2) is 0 Å². The van der Waals surface area contributed by atoms with E-state index >= 15 is 0 Å². The Hall–Kier alpha value is -1.84. The number of amides is 2. The molecular weight excluding hydrogens is 324 g/mol. The van der Waals surface area contributed by atoms with Crippen molar-refractivity contribution in [1.82, 2.24) is 10.6 Å². The monoisotopic (exact) mass is 356 g/mol. The number of aryl methyl sites for hydroxylation is 1. The third-order valence-corrected chi connectivity index (χ3v) is 6.36. The Bertz CT molecular complexity index is 645. The highest BCUT2D eigenvalue weighted by atomic mass is 16.2. The van der Waals surface area contributed by atoms with Gasteiger partial charge in [0.25, 0.3) is 0 Å². The summed E-state index contributed by atoms with van der Waals surface area (Å²) in [5.41, 5.74) is 2.69. The summed E-state index contributed by atoms with van der Waals surface area (Å²) in [6, 6.07) is 8.08. The highest BCUT2D eigenvalue weighted by Crippen LogP contribution is 2.40. The number of carbonyl (C=O) groups is 2. The number of rotatable bonds is 6. The molecule has 0 aromatic heterocycles. The first-order chi connectivity index (χ1) is 12.5. The summed E-state index contributed by atoms with van der Waals surface area (Å²) in [5, 5.41) is 6.03. The predicted molar refractivity (Wildman–Crippen MR) is 104 cm³/mol. The molecule has 4 nitrogen and oxygen atoms in total. The molecule has 0 heterocycles. The smallest absolute Gasteiger partial charge is 0.242 e. The van der Waals surface area contributed by atoms with Crippen LogP contribution >= 0.6 is 0 Å². The fourth-order valence-corrected chi connectivity index (χ4v) is 4.41. The molecule has 3 rings (SSSR count). The van der Waals surface area contributed by atoms with E-state index in [1.807, 2.05) is 0 Å². The number of carbonyl (C=O) groups excluding carboxylic acids is 2. The van der Waals surface area contributed by atoms with Gasteiger partial charge in [-0.05, 0) is 50.7 Å². The van der Waals surface area contributed by atoms with Crippen molar-refractivity contribution >= 4 is 11.8 Å². The number of benzene rings is 1. The molecule has 0 bridgehead atoms. The Balaban J connectivity index is 1.63. The second-order valence-corrected chi connectivity index (χ2v) is 8.23. The van der Waals surface area contributed by atoms with Gasteiger partial charge >= 0.3 is 0 Å². The van der Waals surface area contributed by atoms with Crippen LogP contribution in [0.1, 0.15) is 69.4 Å². The van der Waals surface area contributed by atoms with Gasteiger partial charge in [-0.3, -0.25) is 9.59 Å². The first-order valence-corrected chi connectivity index (χ1v) is 10.2. The lowest BCUT2D eigenvalue weighted by molar-refractivity contribution is -0.132. The maximum Gasteiger partial charge on any atom is 0.242 e. The lowest BCUT2D eigenvalue weighted by Crippen LogP contribution is -2.51. The van der Waals surface area contributed by atoms with Gasteiger partial charge in [-0.25, -0.2) is 0 Å². The topological polar surface area (TPSA) is 58.2 Å². The van der Waals surface area contributed by atoms with E-state index in [0.717, 1.165) is 32.1 Å². The highest BCUT2D eigenvalue weighted by Gasteiger charge is 2.36. The standard InChI is InChI=1S/C22H32N2O2/c1-16-9-4-5-12-19(16)22(13-6-3-7-14-22)15-23-20(25)17(2)24-21(26)18-10-8-11-18/h4-5,9,12,17-18H,3,6-8,10-11,13-15H2,1-2H3,(H,23,25)(H,24,26). The molecule has 2 amide bonds. The van der Waals surface area contributed by atoms with Gasteiger partial charge in [0.1, 0.15) is 6.04 Å². The van der Waals surface area contributed by atoms with Gasteiger partial charge in [-0.1, -0.05) is 49.9 Å². The zero-order chi connectivity index (χ0) is 18.6. The van der Waals surface area contributed by atoms with Gasteiger partial charge in [0, 0.05) is 17.9 Å². The minimum absolute atomic E-state index is 0.0248. The fraction of sp³-hybridized carbons (Fsp3) is 0.636. The van der Waals surface area contributed by atoms with Crippen molar-refractivity contribution in [3.8, 4) is 0 Å². The van der Waals surface area contributed by atoms with Crippen LogP contribution in [-0.4, -0.2) is 24.4 Å². The van der Waals surface area contributed by atoms with E-state index in [1.165, 1.54) is 30.4 Å². The summed E-state index contributed by atoms with van der Waals surface area (Å²) < 4.78 is 0. The molecule has 0 saturated heterocycles. The van der Waals surface area contributed by atoms with Crippen molar-refractivity contribution in [1.29, 1.82) is 0 Å². The summed E-state index contributed by atoms with van der Waals surface area (Å²) in [4.78, 5) is 24.7. The van der Waals surface area contributed by atoms with Gasteiger partial charge in [-0.2, -0.15) is 0 Å². The SMILES string of the molecule is Cc1ccccc1C1(CNC(=O)C(C)NC(=O)C2CCC2)CCCCC1. The lowest BCUT2D eigenvalue weighted by Gasteiger charge is -2.39. The molecule has 2 saturated carbocycles. The zero-order valence-corrected chi connectivity index (χ0v) is 16.1. The third kappa shape index (κ3) is 4.11. The predicted octanol–water partition coefficient (Wildman–Crippen LogP) is 3.62. The molecule has 0 radical (unpaired) electrons. The number of hydrogen-bond donors (Lipinski definition) is 2. The van der Waals surface area contributed by atoms with Crippen molar-refractivity contribution in [2.24, 2.45) is 5.92 Å². The minimum Gasteiger partial charge on any atom is -0.353 e. The Morgan fingerprint density at radius 1 is 1.12 bits per heavy atom. The molecule has 1 aromatic carbocycles. The largest absolute Gasteiger partial charge is 0.353 e. The van der Waals surface area contributed by atoms with Gasteiger partial charge in [0.2, 0.25) is 11.8 Å². The van der Waals surface area contributed by atoms with Crippen LogP contribution in [0.25, 0.3) is 0 Å². The first kappa shape index (κ1) is 18.9. The van der Waals surface area contributed by atoms with Crippen LogP contribution in [-0.2, 0) is 15.0 Å². The van der Waals surface area contributed by atoms with Crippen molar-refractivity contribution in [2.75, 3.05) is 6.54 Å². The van der Waals surface area contributed by atoms with Crippen LogP contribution in [0, 0.1) is 12.8 Å². The van der Waals surface area contributed by atoms with Crippen molar-refractivity contribution in [2.45, 2.75) is 76.7 Å². The van der Waals surface area contributed by atoms with E-state index in [4.69, 9.17) is 0 Å². The third-order valence-electron chi connectivity index (χ3n) is 6.36. The Labute approximate surface area is 157 Å². The Morgan fingerprint density at radius 2 is 1.81 bits per heavy atom. The normalized spacial score (nSPS) is 20.7. The Kier molecular flexibility index (Phi) is 6.00. The first-order valence-electron chi connectivity index (χ1n) is 10.2. The van der Waals surface area contributed by atoms with E-state index in [-0.39, 0.29) is 23.1 Å². The average Bonchev–Trinajstić information content (AvgIpc) is 2.59. The van der Waals surface area contributed by atoms with Crippen LogP contribution in [0.2, 0.25) is 0 Å². The molecule has 2 N–H and O–H groups in total. The maximum atomic E-state index is 12.6. The van der Waals surface area contributed by atoms with E-state index in [9.17, 15) is 9.59 Å². The molecule has 0 spiro atoms. The van der Waals surface area contributed by atoms with Gasteiger partial charge < -0.3 is 10.6 Å². The summed E-state index contributed by atoms with van der Waals surface area (Å²) in [5.74, 6) is 0.0725. The summed E-state index contributed by atoms with van der Waals surface area (Å²) in [6.45, 7) is 4.60. The number of nitrogens with one attached hydrogen (secondary N) is 2. The van der Waals surface area contributed by atoms with Gasteiger partial charge in [-0.15, -0.1) is 0 Å². The molecule has 2 aliphatic rings. The van der Waals surface area contributed by atoms with Crippen LogP contribution in [0.5, 0.6) is 0 Å². The fourth-order valence-electron chi connectivity index (χ4n) is 4.41. The Morgan fingerprint density at radius 3 is 2.42 bits per heavy atom. The minimum atomic E-state index is -0.472. The maximum absolute atomic E-state index is 12.6. The molecular formula is C22H32N2O2. The van der Waals surface area contributed by atoms with Crippen molar-refractivity contribution in [3.05, 3.63) is 35.4 Å².